The SMILES string of the molecule is COc1cc(C(=O)N(CC(C)(C)C)CC(F)(F)F)cc(OC)c1Br. The zero-order valence-electron chi connectivity index (χ0n) is 14.3. The van der Waals surface area contributed by atoms with Gasteiger partial charge < -0.3 is 14.4 Å². The molecule has 0 aromatic heterocycles. The monoisotopic (exact) mass is 411 g/mol. The Bertz CT molecular complexity index is 556. The van der Waals surface area contributed by atoms with Crippen molar-refractivity contribution < 1.29 is 27.4 Å². The Labute approximate surface area is 148 Å². The van der Waals surface area contributed by atoms with E-state index in [1.165, 1.54) is 26.4 Å². The maximum absolute atomic E-state index is 12.9. The first-order valence-electron chi connectivity index (χ1n) is 7.15. The third kappa shape index (κ3) is 5.89. The number of carbonyl (C=O) groups is 1. The highest BCUT2D eigenvalue weighted by atomic mass is 79.9. The van der Waals surface area contributed by atoms with Crippen LogP contribution < -0.4 is 9.47 Å². The Morgan fingerprint density at radius 1 is 1.08 bits per heavy atom. The lowest BCUT2D eigenvalue weighted by Gasteiger charge is -2.31. The van der Waals surface area contributed by atoms with Gasteiger partial charge in [0, 0.05) is 12.1 Å². The van der Waals surface area contributed by atoms with Gasteiger partial charge in [0.1, 0.15) is 22.5 Å². The van der Waals surface area contributed by atoms with Crippen LogP contribution in [0.1, 0.15) is 31.1 Å². The molecule has 0 saturated carbocycles. The predicted octanol–water partition coefficient (Wildman–Crippen LogP) is 4.52. The number of rotatable bonds is 5. The second-order valence-electron chi connectivity index (χ2n) is 6.53. The van der Waals surface area contributed by atoms with Crippen LogP contribution in [-0.4, -0.2) is 44.3 Å². The molecule has 0 unspecified atom stereocenters. The van der Waals surface area contributed by atoms with Crippen molar-refractivity contribution in [1.29, 1.82) is 0 Å². The summed E-state index contributed by atoms with van der Waals surface area (Å²) in [7, 11) is 2.80. The van der Waals surface area contributed by atoms with E-state index in [0.29, 0.717) is 16.0 Å². The zero-order chi connectivity index (χ0) is 18.7. The second kappa shape index (κ2) is 7.63. The van der Waals surface area contributed by atoms with Gasteiger partial charge >= 0.3 is 6.18 Å². The average molecular weight is 412 g/mol. The van der Waals surface area contributed by atoms with E-state index in [1.54, 1.807) is 20.8 Å². The summed E-state index contributed by atoms with van der Waals surface area (Å²) in [6.45, 7) is 3.96. The van der Waals surface area contributed by atoms with Gasteiger partial charge in [-0.2, -0.15) is 13.2 Å². The first-order valence-corrected chi connectivity index (χ1v) is 7.95. The molecule has 0 bridgehead atoms. The molecule has 0 radical (unpaired) electrons. The summed E-state index contributed by atoms with van der Waals surface area (Å²) in [5.74, 6) is -0.118. The summed E-state index contributed by atoms with van der Waals surface area (Å²) >= 11 is 3.26. The van der Waals surface area contributed by atoms with Gasteiger partial charge in [-0.3, -0.25) is 4.79 Å². The average Bonchev–Trinajstić information content (AvgIpc) is 2.43. The zero-order valence-corrected chi connectivity index (χ0v) is 15.8. The molecule has 0 atom stereocenters. The third-order valence-electron chi connectivity index (χ3n) is 3.02. The lowest BCUT2D eigenvalue weighted by molar-refractivity contribution is -0.142. The lowest BCUT2D eigenvalue weighted by Crippen LogP contribution is -2.43. The summed E-state index contributed by atoms with van der Waals surface area (Å²) < 4.78 is 49.4. The van der Waals surface area contributed by atoms with E-state index in [0.717, 1.165) is 4.90 Å². The molecule has 1 amide bonds. The van der Waals surface area contributed by atoms with Gasteiger partial charge in [0.2, 0.25) is 0 Å². The molecule has 24 heavy (non-hydrogen) atoms. The predicted molar refractivity (Wildman–Crippen MR) is 88.7 cm³/mol. The Hall–Kier alpha value is -1.44. The molecule has 1 aromatic rings. The van der Waals surface area contributed by atoms with Crippen LogP contribution in [-0.2, 0) is 0 Å². The van der Waals surface area contributed by atoms with E-state index in [-0.39, 0.29) is 12.1 Å². The van der Waals surface area contributed by atoms with Crippen molar-refractivity contribution >= 4 is 21.8 Å². The van der Waals surface area contributed by atoms with Crippen molar-refractivity contribution in [3.63, 3.8) is 0 Å². The second-order valence-corrected chi connectivity index (χ2v) is 7.32. The van der Waals surface area contributed by atoms with Crippen LogP contribution in [0.2, 0.25) is 0 Å². The van der Waals surface area contributed by atoms with Gasteiger partial charge in [-0.15, -0.1) is 0 Å². The molecule has 1 aromatic carbocycles. The fraction of sp³-hybridized carbons (Fsp3) is 0.562. The van der Waals surface area contributed by atoms with Crippen LogP contribution in [0, 0.1) is 5.41 Å². The molecule has 4 nitrogen and oxygen atoms in total. The molecule has 0 aliphatic heterocycles. The van der Waals surface area contributed by atoms with Gasteiger partial charge in [-0.1, -0.05) is 20.8 Å². The van der Waals surface area contributed by atoms with Crippen molar-refractivity contribution in [1.82, 2.24) is 4.90 Å². The topological polar surface area (TPSA) is 38.8 Å². The number of ether oxygens (including phenoxy) is 2. The molecule has 0 saturated heterocycles. The lowest BCUT2D eigenvalue weighted by atomic mass is 9.95. The summed E-state index contributed by atoms with van der Waals surface area (Å²) in [5.41, 5.74) is -0.412. The van der Waals surface area contributed by atoms with E-state index < -0.39 is 24.0 Å². The Kier molecular flexibility index (Phi) is 6.55. The Morgan fingerprint density at radius 2 is 1.54 bits per heavy atom. The number of hydrogen-bond acceptors (Lipinski definition) is 3. The fourth-order valence-corrected chi connectivity index (χ4v) is 2.72. The molecule has 0 fully saturated rings. The first kappa shape index (κ1) is 20.6. The molecule has 0 heterocycles. The van der Waals surface area contributed by atoms with Crippen LogP contribution in [0.15, 0.2) is 16.6 Å². The fourth-order valence-electron chi connectivity index (χ4n) is 2.16. The minimum Gasteiger partial charge on any atom is -0.495 e. The molecular weight excluding hydrogens is 391 g/mol. The number of amides is 1. The van der Waals surface area contributed by atoms with Crippen LogP contribution in [0.3, 0.4) is 0 Å². The molecule has 0 N–H and O–H groups in total. The van der Waals surface area contributed by atoms with Crippen LogP contribution in [0.25, 0.3) is 0 Å². The number of hydrogen-bond donors (Lipinski definition) is 0. The quantitative estimate of drug-likeness (QED) is 0.714. The highest BCUT2D eigenvalue weighted by Gasteiger charge is 2.35. The third-order valence-corrected chi connectivity index (χ3v) is 3.80. The van der Waals surface area contributed by atoms with Crippen molar-refractivity contribution in [2.75, 3.05) is 27.3 Å². The number of halogens is 4. The Morgan fingerprint density at radius 3 is 1.88 bits per heavy atom. The summed E-state index contributed by atoms with van der Waals surface area (Å²) in [6, 6.07) is 2.78. The van der Waals surface area contributed by atoms with E-state index in [9.17, 15) is 18.0 Å². The Balaban J connectivity index is 3.27. The maximum Gasteiger partial charge on any atom is 0.406 e. The molecule has 8 heteroatoms. The highest BCUT2D eigenvalue weighted by Crippen LogP contribution is 2.36. The molecule has 0 aliphatic carbocycles. The van der Waals surface area contributed by atoms with E-state index in [4.69, 9.17) is 9.47 Å². The maximum atomic E-state index is 12.9. The largest absolute Gasteiger partial charge is 0.495 e. The van der Waals surface area contributed by atoms with E-state index >= 15 is 0 Å². The molecule has 0 spiro atoms. The van der Waals surface area contributed by atoms with Gasteiger partial charge in [0.05, 0.1) is 14.2 Å². The number of carbonyl (C=O) groups excluding carboxylic acids is 1. The standard InChI is InChI=1S/C16H21BrF3NO3/c1-15(2,3)8-21(9-16(18,19)20)14(22)10-6-11(23-4)13(17)12(7-10)24-5/h6-7H,8-9H2,1-5H3. The van der Waals surface area contributed by atoms with Gasteiger partial charge in [-0.05, 0) is 33.5 Å². The molecule has 136 valence electrons. The normalized spacial score (nSPS) is 12.0. The summed E-state index contributed by atoms with van der Waals surface area (Å²) in [4.78, 5) is 13.4. The minimum atomic E-state index is -4.48. The number of benzene rings is 1. The van der Waals surface area contributed by atoms with Gasteiger partial charge in [0.15, 0.2) is 0 Å². The van der Waals surface area contributed by atoms with Crippen molar-refractivity contribution in [3.05, 3.63) is 22.2 Å². The van der Waals surface area contributed by atoms with Crippen molar-refractivity contribution in [2.45, 2.75) is 26.9 Å². The number of alkyl halides is 3. The molecular formula is C16H21BrF3NO3. The van der Waals surface area contributed by atoms with Crippen LogP contribution in [0.4, 0.5) is 13.2 Å². The minimum absolute atomic E-state index is 0.0357. The van der Waals surface area contributed by atoms with Crippen LogP contribution in [0.5, 0.6) is 11.5 Å². The van der Waals surface area contributed by atoms with E-state index in [2.05, 4.69) is 15.9 Å². The van der Waals surface area contributed by atoms with Crippen molar-refractivity contribution in [2.24, 2.45) is 5.41 Å². The van der Waals surface area contributed by atoms with Crippen LogP contribution >= 0.6 is 15.9 Å². The number of nitrogens with zero attached hydrogens (tertiary/aromatic N) is 1. The molecule has 1 rings (SSSR count). The van der Waals surface area contributed by atoms with E-state index in [1.807, 2.05) is 0 Å². The summed E-state index contributed by atoms with van der Waals surface area (Å²) in [6.07, 6.45) is -4.48. The van der Waals surface area contributed by atoms with Gasteiger partial charge in [0.25, 0.3) is 5.91 Å². The van der Waals surface area contributed by atoms with Crippen molar-refractivity contribution in [3.8, 4) is 11.5 Å². The highest BCUT2D eigenvalue weighted by molar-refractivity contribution is 9.10. The van der Waals surface area contributed by atoms with Gasteiger partial charge in [-0.25, -0.2) is 0 Å². The molecule has 0 aliphatic rings. The smallest absolute Gasteiger partial charge is 0.406 e. The first-order chi connectivity index (χ1) is 10.9. The summed E-state index contributed by atoms with van der Waals surface area (Å²) in [5, 5.41) is 0. The number of methoxy groups -OCH3 is 2.